The number of amides is 2. The maximum absolute atomic E-state index is 13.4. The molecule has 2 heterocycles. The van der Waals surface area contributed by atoms with Crippen molar-refractivity contribution in [3.63, 3.8) is 0 Å². The zero-order chi connectivity index (χ0) is 19.8. The summed E-state index contributed by atoms with van der Waals surface area (Å²) in [5.74, 6) is -0.724. The first-order valence-corrected chi connectivity index (χ1v) is 9.01. The van der Waals surface area contributed by atoms with Crippen molar-refractivity contribution in [3.8, 4) is 11.3 Å². The van der Waals surface area contributed by atoms with Gasteiger partial charge in [-0.25, -0.2) is 9.07 Å². The molecule has 28 heavy (non-hydrogen) atoms. The number of carbonyl (C=O) groups is 2. The third kappa shape index (κ3) is 3.36. The van der Waals surface area contributed by atoms with Gasteiger partial charge in [-0.05, 0) is 37.3 Å². The average Bonchev–Trinajstić information content (AvgIpc) is 2.98. The molecule has 0 aliphatic carbocycles. The van der Waals surface area contributed by atoms with Gasteiger partial charge in [-0.15, -0.1) is 0 Å². The Hall–Kier alpha value is -3.19. The molecule has 1 aliphatic rings. The highest BCUT2D eigenvalue weighted by Gasteiger charge is 2.34. The molecule has 0 unspecified atom stereocenters. The minimum Gasteiger partial charge on any atom is -0.324 e. The van der Waals surface area contributed by atoms with Gasteiger partial charge < -0.3 is 10.6 Å². The molecule has 4 rings (SSSR count). The molecule has 142 valence electrons. The predicted octanol–water partition coefficient (Wildman–Crippen LogP) is 4.17. The number of anilines is 2. The molecule has 1 atom stereocenters. The summed E-state index contributed by atoms with van der Waals surface area (Å²) in [6.45, 7) is 1.82. The van der Waals surface area contributed by atoms with Crippen LogP contribution in [0.2, 0.25) is 5.02 Å². The molecule has 0 saturated heterocycles. The van der Waals surface area contributed by atoms with Crippen molar-refractivity contribution in [2.75, 3.05) is 10.6 Å². The molecule has 6 nitrogen and oxygen atoms in total. The standard InChI is InChI=1S/C20H16ClFN4O2/c1-11-18(12-4-2-5-13(21)8-12)25-26-16(10-17(27)24-19(11)26)20(28)23-15-7-3-6-14(22)9-15/h2-9,16H,10H2,1H3,(H,23,28)(H,24,27)/t16-/m0/s1. The Bertz CT molecular complexity index is 1100. The zero-order valence-electron chi connectivity index (χ0n) is 14.9. The maximum Gasteiger partial charge on any atom is 0.249 e. The monoisotopic (exact) mass is 398 g/mol. The summed E-state index contributed by atoms with van der Waals surface area (Å²) < 4.78 is 14.9. The van der Waals surface area contributed by atoms with E-state index in [0.29, 0.717) is 22.2 Å². The first-order valence-electron chi connectivity index (χ1n) is 8.63. The Balaban J connectivity index is 1.71. The molecule has 1 aromatic heterocycles. The van der Waals surface area contributed by atoms with Crippen LogP contribution in [-0.4, -0.2) is 21.6 Å². The first-order chi connectivity index (χ1) is 13.4. The molecule has 3 aromatic rings. The van der Waals surface area contributed by atoms with Crippen molar-refractivity contribution in [2.24, 2.45) is 0 Å². The molecule has 8 heteroatoms. The second kappa shape index (κ2) is 7.09. The number of fused-ring (bicyclic) bond motifs is 1. The van der Waals surface area contributed by atoms with Gasteiger partial charge in [0.05, 0.1) is 12.1 Å². The van der Waals surface area contributed by atoms with Crippen molar-refractivity contribution < 1.29 is 14.0 Å². The van der Waals surface area contributed by atoms with Crippen LogP contribution in [0, 0.1) is 12.7 Å². The van der Waals surface area contributed by atoms with E-state index in [1.165, 1.54) is 22.9 Å². The van der Waals surface area contributed by atoms with Crippen LogP contribution in [0.3, 0.4) is 0 Å². The molecule has 0 radical (unpaired) electrons. The van der Waals surface area contributed by atoms with Gasteiger partial charge in [0.15, 0.2) is 0 Å². The third-order valence-corrected chi connectivity index (χ3v) is 4.81. The lowest BCUT2D eigenvalue weighted by atomic mass is 10.1. The number of nitrogens with zero attached hydrogens (tertiary/aromatic N) is 2. The van der Waals surface area contributed by atoms with E-state index >= 15 is 0 Å². The number of nitrogens with one attached hydrogen (secondary N) is 2. The van der Waals surface area contributed by atoms with E-state index in [-0.39, 0.29) is 12.3 Å². The zero-order valence-corrected chi connectivity index (χ0v) is 15.6. The van der Waals surface area contributed by atoms with Crippen LogP contribution in [0.25, 0.3) is 11.3 Å². The van der Waals surface area contributed by atoms with E-state index in [0.717, 1.165) is 11.1 Å². The molecule has 0 spiro atoms. The minimum atomic E-state index is -0.848. The average molecular weight is 399 g/mol. The molecule has 0 fully saturated rings. The smallest absolute Gasteiger partial charge is 0.249 e. The van der Waals surface area contributed by atoms with Gasteiger partial charge in [-0.1, -0.05) is 29.8 Å². The largest absolute Gasteiger partial charge is 0.324 e. The highest BCUT2D eigenvalue weighted by atomic mass is 35.5. The summed E-state index contributed by atoms with van der Waals surface area (Å²) in [6.07, 6.45) is -0.0652. The number of carbonyl (C=O) groups excluding carboxylic acids is 2. The lowest BCUT2D eigenvalue weighted by molar-refractivity contribution is -0.125. The SMILES string of the molecule is Cc1c(-c2cccc(Cl)c2)nn2c1NC(=O)C[C@H]2C(=O)Nc1cccc(F)c1. The normalized spacial score (nSPS) is 15.7. The summed E-state index contributed by atoms with van der Waals surface area (Å²) in [7, 11) is 0. The fraction of sp³-hybridized carbons (Fsp3) is 0.150. The van der Waals surface area contributed by atoms with E-state index in [2.05, 4.69) is 15.7 Å². The Morgan fingerprint density at radius 1 is 1.29 bits per heavy atom. The van der Waals surface area contributed by atoms with Gasteiger partial charge in [0.25, 0.3) is 0 Å². The second-order valence-corrected chi connectivity index (χ2v) is 6.98. The number of benzene rings is 2. The topological polar surface area (TPSA) is 76.0 Å². The van der Waals surface area contributed by atoms with E-state index in [1.807, 2.05) is 19.1 Å². The highest BCUT2D eigenvalue weighted by molar-refractivity contribution is 6.30. The van der Waals surface area contributed by atoms with E-state index in [4.69, 9.17) is 11.6 Å². The number of rotatable bonds is 3. The molecule has 1 aliphatic heterocycles. The van der Waals surface area contributed by atoms with Gasteiger partial charge in [-0.2, -0.15) is 5.10 Å². The molecule has 2 N–H and O–H groups in total. The number of halogens is 2. The maximum atomic E-state index is 13.4. The second-order valence-electron chi connectivity index (χ2n) is 6.54. The van der Waals surface area contributed by atoms with Gasteiger partial charge in [-0.3, -0.25) is 9.59 Å². The van der Waals surface area contributed by atoms with Crippen molar-refractivity contribution in [3.05, 3.63) is 64.9 Å². The van der Waals surface area contributed by atoms with Crippen LogP contribution >= 0.6 is 11.6 Å². The van der Waals surface area contributed by atoms with Crippen molar-refractivity contribution >= 4 is 34.9 Å². The van der Waals surface area contributed by atoms with Crippen LogP contribution in [-0.2, 0) is 9.59 Å². The number of aromatic nitrogens is 2. The molecular formula is C20H16ClFN4O2. The number of hydrogen-bond acceptors (Lipinski definition) is 3. The fourth-order valence-corrected chi connectivity index (χ4v) is 3.43. The minimum absolute atomic E-state index is 0.0652. The van der Waals surface area contributed by atoms with Gasteiger partial charge >= 0.3 is 0 Å². The summed E-state index contributed by atoms with van der Waals surface area (Å²) >= 11 is 6.08. The van der Waals surface area contributed by atoms with Crippen molar-refractivity contribution in [1.29, 1.82) is 0 Å². The predicted molar refractivity (Wildman–Crippen MR) is 105 cm³/mol. The Morgan fingerprint density at radius 2 is 2.07 bits per heavy atom. The third-order valence-electron chi connectivity index (χ3n) is 4.57. The molecule has 0 saturated carbocycles. The van der Waals surface area contributed by atoms with Crippen LogP contribution in [0.4, 0.5) is 15.9 Å². The molecule has 0 bridgehead atoms. The molecule has 2 amide bonds. The van der Waals surface area contributed by atoms with Gasteiger partial charge in [0.1, 0.15) is 17.7 Å². The Labute approximate surface area is 165 Å². The Morgan fingerprint density at radius 3 is 2.82 bits per heavy atom. The van der Waals surface area contributed by atoms with E-state index < -0.39 is 17.8 Å². The van der Waals surface area contributed by atoms with Gasteiger partial charge in [0.2, 0.25) is 11.8 Å². The lowest BCUT2D eigenvalue weighted by Gasteiger charge is -2.24. The Kier molecular flexibility index (Phi) is 4.60. The first kappa shape index (κ1) is 18.2. The highest BCUT2D eigenvalue weighted by Crippen LogP contribution is 2.35. The van der Waals surface area contributed by atoms with Gasteiger partial charge in [0, 0.05) is 21.8 Å². The van der Waals surface area contributed by atoms with Crippen LogP contribution in [0.5, 0.6) is 0 Å². The van der Waals surface area contributed by atoms with E-state index in [9.17, 15) is 14.0 Å². The molecule has 2 aromatic carbocycles. The van der Waals surface area contributed by atoms with Crippen LogP contribution in [0.1, 0.15) is 18.0 Å². The quantitative estimate of drug-likeness (QED) is 0.695. The van der Waals surface area contributed by atoms with Crippen molar-refractivity contribution in [1.82, 2.24) is 9.78 Å². The van der Waals surface area contributed by atoms with E-state index in [1.54, 1.807) is 18.2 Å². The lowest BCUT2D eigenvalue weighted by Crippen LogP contribution is -2.35. The summed E-state index contributed by atoms with van der Waals surface area (Å²) in [6, 6.07) is 11.9. The molecular weight excluding hydrogens is 383 g/mol. The van der Waals surface area contributed by atoms with Crippen LogP contribution < -0.4 is 10.6 Å². The summed E-state index contributed by atoms with van der Waals surface area (Å²) in [5, 5.41) is 10.6. The fourth-order valence-electron chi connectivity index (χ4n) is 3.24. The van der Waals surface area contributed by atoms with Crippen LogP contribution in [0.15, 0.2) is 48.5 Å². The summed E-state index contributed by atoms with van der Waals surface area (Å²) in [5.41, 5.74) is 2.46. The number of hydrogen-bond donors (Lipinski definition) is 2. The van der Waals surface area contributed by atoms with Crippen molar-refractivity contribution in [2.45, 2.75) is 19.4 Å². The summed E-state index contributed by atoms with van der Waals surface area (Å²) in [4.78, 5) is 25.0.